The maximum Gasteiger partial charge on any atom is 0.387 e. The van der Waals surface area contributed by atoms with Crippen LogP contribution in [0.3, 0.4) is 0 Å². The lowest BCUT2D eigenvalue weighted by molar-refractivity contribution is -0.0512. The van der Waals surface area contributed by atoms with Crippen LogP contribution in [0.4, 0.5) is 8.78 Å². The van der Waals surface area contributed by atoms with Crippen LogP contribution >= 0.6 is 0 Å². The molecule has 0 bridgehead atoms. The Morgan fingerprint density at radius 2 is 1.93 bits per heavy atom. The molecule has 3 rings (SSSR count). The summed E-state index contributed by atoms with van der Waals surface area (Å²) in [5.74, 6) is -0.0866. The number of methoxy groups -OCH3 is 1. The van der Waals surface area contributed by atoms with Gasteiger partial charge in [-0.3, -0.25) is 0 Å². The van der Waals surface area contributed by atoms with E-state index in [0.29, 0.717) is 5.76 Å². The zero-order chi connectivity index (χ0) is 19.2. The molecule has 6 nitrogen and oxygen atoms in total. The average molecular weight is 375 g/mol. The number of hydrogen-bond acceptors (Lipinski definition) is 6. The number of aromatic nitrogens is 1. The summed E-state index contributed by atoms with van der Waals surface area (Å²) in [4.78, 5) is 16.2. The van der Waals surface area contributed by atoms with Gasteiger partial charge in [0.15, 0.2) is 23.9 Å². The van der Waals surface area contributed by atoms with E-state index in [1.165, 1.54) is 31.5 Å². The molecule has 0 unspecified atom stereocenters. The molecular formula is C19H15F2NO5. The van der Waals surface area contributed by atoms with Gasteiger partial charge in [-0.2, -0.15) is 8.78 Å². The Balaban J connectivity index is 1.65. The van der Waals surface area contributed by atoms with E-state index in [4.69, 9.17) is 13.9 Å². The second kappa shape index (κ2) is 8.31. The van der Waals surface area contributed by atoms with Gasteiger partial charge in [0, 0.05) is 5.56 Å². The molecule has 0 amide bonds. The summed E-state index contributed by atoms with van der Waals surface area (Å²) in [7, 11) is 1.28. The molecule has 8 heteroatoms. The molecule has 0 aliphatic rings. The minimum Gasteiger partial charge on any atom is -0.493 e. The molecule has 1 aromatic heterocycles. The van der Waals surface area contributed by atoms with E-state index in [1.54, 1.807) is 0 Å². The van der Waals surface area contributed by atoms with Crippen molar-refractivity contribution in [3.8, 4) is 22.8 Å². The average Bonchev–Trinajstić information content (AvgIpc) is 3.16. The Kier molecular flexibility index (Phi) is 5.65. The van der Waals surface area contributed by atoms with E-state index < -0.39 is 12.6 Å². The monoisotopic (exact) mass is 375 g/mol. The van der Waals surface area contributed by atoms with Crippen LogP contribution in [0.2, 0.25) is 0 Å². The van der Waals surface area contributed by atoms with E-state index >= 15 is 0 Å². The second-order valence-corrected chi connectivity index (χ2v) is 5.30. The van der Waals surface area contributed by atoms with E-state index in [2.05, 4.69) is 9.72 Å². The molecule has 0 N–H and O–H groups in total. The van der Waals surface area contributed by atoms with Gasteiger partial charge < -0.3 is 18.6 Å². The highest BCUT2D eigenvalue weighted by Crippen LogP contribution is 2.30. The Bertz CT molecular complexity index is 911. The van der Waals surface area contributed by atoms with Crippen molar-refractivity contribution in [3.05, 3.63) is 66.2 Å². The van der Waals surface area contributed by atoms with Crippen LogP contribution in [0.25, 0.3) is 11.3 Å². The Morgan fingerprint density at radius 1 is 1.15 bits per heavy atom. The smallest absolute Gasteiger partial charge is 0.387 e. The van der Waals surface area contributed by atoms with E-state index in [1.807, 2.05) is 30.3 Å². The third kappa shape index (κ3) is 4.60. The minimum absolute atomic E-state index is 0.00719. The number of alkyl halides is 2. The molecule has 0 fully saturated rings. The molecule has 3 aromatic rings. The van der Waals surface area contributed by atoms with Crippen molar-refractivity contribution < 1.29 is 32.2 Å². The number of esters is 1. The Hall–Kier alpha value is -3.42. The van der Waals surface area contributed by atoms with Crippen molar-refractivity contribution in [1.29, 1.82) is 0 Å². The lowest BCUT2D eigenvalue weighted by Gasteiger charge is -2.11. The van der Waals surface area contributed by atoms with Crippen molar-refractivity contribution in [2.45, 2.75) is 13.2 Å². The van der Waals surface area contributed by atoms with Gasteiger partial charge in [0.2, 0.25) is 5.89 Å². The van der Waals surface area contributed by atoms with Crippen LogP contribution in [0.1, 0.15) is 16.2 Å². The molecule has 0 spiro atoms. The summed E-state index contributed by atoms with van der Waals surface area (Å²) in [5, 5.41) is 0. The van der Waals surface area contributed by atoms with E-state index in [-0.39, 0.29) is 29.6 Å². The SMILES string of the molecule is COc1cc(C(=O)OCc2ncc(-c3ccccc3)o2)ccc1OC(F)F. The normalized spacial score (nSPS) is 10.7. The van der Waals surface area contributed by atoms with Gasteiger partial charge in [-0.1, -0.05) is 30.3 Å². The predicted molar refractivity (Wildman–Crippen MR) is 90.7 cm³/mol. The molecule has 140 valence electrons. The number of benzene rings is 2. The molecular weight excluding hydrogens is 360 g/mol. The van der Waals surface area contributed by atoms with Crippen molar-refractivity contribution in [3.63, 3.8) is 0 Å². The molecule has 27 heavy (non-hydrogen) atoms. The number of carbonyl (C=O) groups excluding carboxylic acids is 1. The first-order valence-corrected chi connectivity index (χ1v) is 7.87. The summed E-state index contributed by atoms with van der Waals surface area (Å²) in [6.07, 6.45) is 1.54. The molecule has 0 atom stereocenters. The summed E-state index contributed by atoms with van der Waals surface area (Å²) in [5.41, 5.74) is 0.963. The number of oxazole rings is 1. The quantitative estimate of drug-likeness (QED) is 0.573. The number of ether oxygens (including phenoxy) is 3. The minimum atomic E-state index is -3.00. The van der Waals surface area contributed by atoms with Gasteiger partial charge in [-0.15, -0.1) is 0 Å². The van der Waals surface area contributed by atoms with Crippen LogP contribution in [0.15, 0.2) is 59.1 Å². The summed E-state index contributed by atoms with van der Waals surface area (Å²) in [6, 6.07) is 13.1. The summed E-state index contributed by atoms with van der Waals surface area (Å²) < 4.78 is 44.6. The fourth-order valence-corrected chi connectivity index (χ4v) is 2.31. The second-order valence-electron chi connectivity index (χ2n) is 5.30. The lowest BCUT2D eigenvalue weighted by Crippen LogP contribution is -2.07. The Morgan fingerprint density at radius 3 is 2.63 bits per heavy atom. The number of rotatable bonds is 7. The zero-order valence-corrected chi connectivity index (χ0v) is 14.2. The van der Waals surface area contributed by atoms with Gasteiger partial charge in [-0.25, -0.2) is 9.78 Å². The maximum absolute atomic E-state index is 12.3. The largest absolute Gasteiger partial charge is 0.493 e. The first kappa shape index (κ1) is 18.4. The van der Waals surface area contributed by atoms with Crippen LogP contribution in [0, 0.1) is 0 Å². The third-order valence-corrected chi connectivity index (χ3v) is 3.55. The number of carbonyl (C=O) groups is 1. The van der Waals surface area contributed by atoms with Gasteiger partial charge in [-0.05, 0) is 18.2 Å². The highest BCUT2D eigenvalue weighted by atomic mass is 19.3. The van der Waals surface area contributed by atoms with E-state index in [0.717, 1.165) is 5.56 Å². The van der Waals surface area contributed by atoms with Crippen LogP contribution < -0.4 is 9.47 Å². The molecule has 0 saturated carbocycles. The van der Waals surface area contributed by atoms with Gasteiger partial charge in [0.1, 0.15) is 0 Å². The third-order valence-electron chi connectivity index (χ3n) is 3.55. The van der Waals surface area contributed by atoms with Crippen molar-refractivity contribution >= 4 is 5.97 Å². The molecule has 0 radical (unpaired) electrons. The fraction of sp³-hybridized carbons (Fsp3) is 0.158. The number of hydrogen-bond donors (Lipinski definition) is 0. The van der Waals surface area contributed by atoms with Crippen LogP contribution in [-0.2, 0) is 11.3 Å². The Labute approximate surface area is 153 Å². The standard InChI is InChI=1S/C19H15F2NO5/c1-24-15-9-13(7-8-14(15)27-19(20)21)18(23)25-11-17-22-10-16(26-17)12-5-3-2-4-6-12/h2-10,19H,11H2,1H3. The maximum atomic E-state index is 12.3. The molecule has 1 heterocycles. The van der Waals surface area contributed by atoms with Gasteiger partial charge in [0.25, 0.3) is 0 Å². The summed E-state index contributed by atoms with van der Waals surface area (Å²) in [6.45, 7) is -3.18. The van der Waals surface area contributed by atoms with Crippen LogP contribution in [-0.4, -0.2) is 24.7 Å². The van der Waals surface area contributed by atoms with Gasteiger partial charge in [0.05, 0.1) is 18.9 Å². The van der Waals surface area contributed by atoms with Crippen molar-refractivity contribution in [2.75, 3.05) is 7.11 Å². The number of halogens is 2. The van der Waals surface area contributed by atoms with Crippen molar-refractivity contribution in [1.82, 2.24) is 4.98 Å². The first-order chi connectivity index (χ1) is 13.1. The number of nitrogens with zero attached hydrogens (tertiary/aromatic N) is 1. The first-order valence-electron chi connectivity index (χ1n) is 7.87. The van der Waals surface area contributed by atoms with Gasteiger partial charge >= 0.3 is 12.6 Å². The van der Waals surface area contributed by atoms with E-state index in [9.17, 15) is 13.6 Å². The lowest BCUT2D eigenvalue weighted by atomic mass is 10.2. The van der Waals surface area contributed by atoms with Crippen molar-refractivity contribution in [2.24, 2.45) is 0 Å². The molecule has 0 aliphatic heterocycles. The fourth-order valence-electron chi connectivity index (χ4n) is 2.31. The zero-order valence-electron chi connectivity index (χ0n) is 14.2. The predicted octanol–water partition coefficient (Wildman–Crippen LogP) is 4.31. The summed E-state index contributed by atoms with van der Waals surface area (Å²) >= 11 is 0. The molecule has 0 aliphatic carbocycles. The highest BCUT2D eigenvalue weighted by molar-refractivity contribution is 5.90. The van der Waals surface area contributed by atoms with Crippen LogP contribution in [0.5, 0.6) is 11.5 Å². The highest BCUT2D eigenvalue weighted by Gasteiger charge is 2.16. The topological polar surface area (TPSA) is 70.8 Å². The molecule has 2 aromatic carbocycles. The molecule has 0 saturated heterocycles.